The lowest BCUT2D eigenvalue weighted by Gasteiger charge is -2.06. The average Bonchev–Trinajstić information content (AvgIpc) is 2.37. The number of nitriles is 1. The number of anilines is 1. The third-order valence-corrected chi connectivity index (χ3v) is 2.34. The zero-order valence-electron chi connectivity index (χ0n) is 10.6. The number of carbonyl (C=O) groups excluding carboxylic acids is 1. The van der Waals surface area contributed by atoms with Gasteiger partial charge in [-0.2, -0.15) is 5.26 Å². The lowest BCUT2D eigenvalue weighted by Crippen LogP contribution is -2.14. The molecule has 0 spiro atoms. The van der Waals surface area contributed by atoms with E-state index < -0.39 is 0 Å². The van der Waals surface area contributed by atoms with Crippen LogP contribution in [0.3, 0.4) is 0 Å². The molecular formula is C14H18N2O2. The Hall–Kier alpha value is -1.86. The molecular weight excluding hydrogens is 228 g/mol. The Balaban J connectivity index is 2.33. The number of benzene rings is 1. The molecule has 96 valence electrons. The molecule has 0 aromatic heterocycles. The molecule has 0 bridgehead atoms. The number of nitrogens with zero attached hydrogens (tertiary/aromatic N) is 1. The van der Waals surface area contributed by atoms with Crippen molar-refractivity contribution in [3.63, 3.8) is 0 Å². The van der Waals surface area contributed by atoms with Crippen LogP contribution in [0.1, 0.15) is 25.3 Å². The van der Waals surface area contributed by atoms with Crippen LogP contribution >= 0.6 is 0 Å². The largest absolute Gasteiger partial charge is 0.381 e. The monoisotopic (exact) mass is 246 g/mol. The van der Waals surface area contributed by atoms with Crippen LogP contribution in [0.2, 0.25) is 0 Å². The maximum atomic E-state index is 11.5. The van der Waals surface area contributed by atoms with E-state index in [1.807, 2.05) is 19.1 Å². The van der Waals surface area contributed by atoms with Crippen LogP contribution in [-0.2, 0) is 16.0 Å². The molecule has 0 fully saturated rings. The Bertz CT molecular complexity index is 407. The van der Waals surface area contributed by atoms with Gasteiger partial charge in [0, 0.05) is 12.3 Å². The molecule has 1 amide bonds. The lowest BCUT2D eigenvalue weighted by molar-refractivity contribution is -0.117. The summed E-state index contributed by atoms with van der Waals surface area (Å²) in [6.45, 7) is 3.17. The van der Waals surface area contributed by atoms with Gasteiger partial charge in [-0.1, -0.05) is 19.1 Å². The van der Waals surface area contributed by atoms with Crippen molar-refractivity contribution in [1.29, 1.82) is 5.26 Å². The zero-order chi connectivity index (χ0) is 13.2. The first-order chi connectivity index (χ1) is 8.76. The number of ether oxygens (including phenoxy) is 1. The summed E-state index contributed by atoms with van der Waals surface area (Å²) in [5.74, 6) is -0.0564. The summed E-state index contributed by atoms with van der Waals surface area (Å²) in [5, 5.41) is 11.3. The van der Waals surface area contributed by atoms with E-state index in [0.29, 0.717) is 26.1 Å². The van der Waals surface area contributed by atoms with E-state index in [9.17, 15) is 4.79 Å². The van der Waals surface area contributed by atoms with Crippen LogP contribution in [0.25, 0.3) is 0 Å². The van der Waals surface area contributed by atoms with Crippen LogP contribution in [0.15, 0.2) is 24.3 Å². The van der Waals surface area contributed by atoms with Crippen molar-refractivity contribution < 1.29 is 9.53 Å². The summed E-state index contributed by atoms with van der Waals surface area (Å²) >= 11 is 0. The molecule has 0 aliphatic rings. The highest BCUT2D eigenvalue weighted by molar-refractivity contribution is 5.90. The number of hydrogen-bond acceptors (Lipinski definition) is 3. The van der Waals surface area contributed by atoms with Crippen molar-refractivity contribution in [3.05, 3.63) is 29.8 Å². The molecule has 0 aliphatic heterocycles. The van der Waals surface area contributed by atoms with Crippen LogP contribution in [0.4, 0.5) is 5.69 Å². The summed E-state index contributed by atoms with van der Waals surface area (Å²) in [5.41, 5.74) is 1.69. The molecule has 1 aromatic carbocycles. The molecule has 0 radical (unpaired) electrons. The third-order valence-electron chi connectivity index (χ3n) is 2.34. The summed E-state index contributed by atoms with van der Waals surface area (Å²) in [6, 6.07) is 9.37. The third kappa shape index (κ3) is 5.46. The number of carbonyl (C=O) groups is 1. The number of rotatable bonds is 7. The van der Waals surface area contributed by atoms with Crippen molar-refractivity contribution in [2.75, 3.05) is 18.5 Å². The Morgan fingerprint density at radius 3 is 2.67 bits per heavy atom. The first-order valence-electron chi connectivity index (χ1n) is 6.09. The van der Waals surface area contributed by atoms with Crippen molar-refractivity contribution in [2.45, 2.75) is 26.2 Å². The van der Waals surface area contributed by atoms with Gasteiger partial charge >= 0.3 is 0 Å². The maximum Gasteiger partial charge on any atom is 0.226 e. The molecule has 0 saturated carbocycles. The second-order valence-electron chi connectivity index (χ2n) is 3.94. The average molecular weight is 246 g/mol. The van der Waals surface area contributed by atoms with E-state index in [0.717, 1.165) is 17.7 Å². The van der Waals surface area contributed by atoms with E-state index in [2.05, 4.69) is 11.4 Å². The molecule has 0 unspecified atom stereocenters. The van der Waals surface area contributed by atoms with Gasteiger partial charge in [0.15, 0.2) is 0 Å². The molecule has 4 nitrogen and oxygen atoms in total. The Morgan fingerprint density at radius 2 is 2.06 bits per heavy atom. The number of hydrogen-bond donors (Lipinski definition) is 1. The summed E-state index contributed by atoms with van der Waals surface area (Å²) < 4.78 is 5.25. The normalized spacial score (nSPS) is 9.78. The molecule has 0 aliphatic carbocycles. The summed E-state index contributed by atoms with van der Waals surface area (Å²) in [7, 11) is 0. The van der Waals surface area contributed by atoms with Gasteiger partial charge < -0.3 is 10.1 Å². The van der Waals surface area contributed by atoms with Crippen LogP contribution in [0, 0.1) is 11.3 Å². The Labute approximate surface area is 108 Å². The van der Waals surface area contributed by atoms with Gasteiger partial charge in [-0.15, -0.1) is 0 Å². The smallest absolute Gasteiger partial charge is 0.226 e. The minimum atomic E-state index is -0.0564. The van der Waals surface area contributed by atoms with Crippen molar-refractivity contribution in [3.8, 4) is 6.07 Å². The van der Waals surface area contributed by atoms with Crippen molar-refractivity contribution >= 4 is 11.6 Å². The predicted molar refractivity (Wildman–Crippen MR) is 70.1 cm³/mol. The summed E-state index contributed by atoms with van der Waals surface area (Å²) in [6.07, 6.45) is 1.71. The van der Waals surface area contributed by atoms with Gasteiger partial charge in [0.05, 0.1) is 25.5 Å². The Kier molecular flexibility index (Phi) is 6.52. The molecule has 0 atom stereocenters. The molecule has 0 saturated heterocycles. The minimum absolute atomic E-state index is 0.0564. The zero-order valence-corrected chi connectivity index (χ0v) is 10.6. The maximum absolute atomic E-state index is 11.5. The summed E-state index contributed by atoms with van der Waals surface area (Å²) in [4.78, 5) is 11.5. The topological polar surface area (TPSA) is 62.1 Å². The van der Waals surface area contributed by atoms with Gasteiger partial charge in [0.1, 0.15) is 0 Å². The molecule has 4 heteroatoms. The van der Waals surface area contributed by atoms with Crippen LogP contribution < -0.4 is 5.32 Å². The standard InChI is InChI=1S/C14H18N2O2/c1-2-10-18-11-8-14(17)16-13-5-3-12(4-6-13)7-9-15/h3-6H,2,7-8,10-11H2,1H3,(H,16,17). The van der Waals surface area contributed by atoms with E-state index in [4.69, 9.17) is 10.00 Å². The van der Waals surface area contributed by atoms with E-state index in [1.54, 1.807) is 12.1 Å². The molecule has 0 heterocycles. The van der Waals surface area contributed by atoms with Gasteiger partial charge in [-0.25, -0.2) is 0 Å². The molecule has 1 aromatic rings. The van der Waals surface area contributed by atoms with E-state index in [1.165, 1.54) is 0 Å². The highest BCUT2D eigenvalue weighted by atomic mass is 16.5. The molecule has 1 rings (SSSR count). The highest BCUT2D eigenvalue weighted by Crippen LogP contribution is 2.10. The van der Waals surface area contributed by atoms with Gasteiger partial charge in [-0.05, 0) is 24.1 Å². The number of nitrogens with one attached hydrogen (secondary N) is 1. The van der Waals surface area contributed by atoms with E-state index in [-0.39, 0.29) is 5.91 Å². The highest BCUT2D eigenvalue weighted by Gasteiger charge is 2.02. The molecule has 18 heavy (non-hydrogen) atoms. The van der Waals surface area contributed by atoms with Gasteiger partial charge in [0.2, 0.25) is 5.91 Å². The first kappa shape index (κ1) is 14.2. The minimum Gasteiger partial charge on any atom is -0.381 e. The van der Waals surface area contributed by atoms with E-state index >= 15 is 0 Å². The lowest BCUT2D eigenvalue weighted by atomic mass is 10.1. The van der Waals surface area contributed by atoms with Gasteiger partial charge in [-0.3, -0.25) is 4.79 Å². The predicted octanol–water partition coefficient (Wildman–Crippen LogP) is 2.51. The number of amides is 1. The second-order valence-corrected chi connectivity index (χ2v) is 3.94. The SMILES string of the molecule is CCCOCCC(=O)Nc1ccc(CC#N)cc1. The first-order valence-corrected chi connectivity index (χ1v) is 6.09. The van der Waals surface area contributed by atoms with Gasteiger partial charge in [0.25, 0.3) is 0 Å². The molecule has 1 N–H and O–H groups in total. The fourth-order valence-corrected chi connectivity index (χ4v) is 1.43. The van der Waals surface area contributed by atoms with Crippen LogP contribution in [0.5, 0.6) is 0 Å². The fraction of sp³-hybridized carbons (Fsp3) is 0.429. The quantitative estimate of drug-likeness (QED) is 0.752. The Morgan fingerprint density at radius 1 is 1.33 bits per heavy atom. The van der Waals surface area contributed by atoms with Crippen LogP contribution in [-0.4, -0.2) is 19.1 Å². The van der Waals surface area contributed by atoms with Crippen molar-refractivity contribution in [1.82, 2.24) is 0 Å². The second kappa shape index (κ2) is 8.26. The fourth-order valence-electron chi connectivity index (χ4n) is 1.43. The van der Waals surface area contributed by atoms with Crippen molar-refractivity contribution in [2.24, 2.45) is 0 Å².